The van der Waals surface area contributed by atoms with Gasteiger partial charge in [-0.2, -0.15) is 0 Å². The van der Waals surface area contributed by atoms with Crippen molar-refractivity contribution in [3.05, 3.63) is 29.8 Å². The quantitative estimate of drug-likeness (QED) is 0.800. The molecule has 1 heterocycles. The highest BCUT2D eigenvalue weighted by atomic mass is 35.5. The van der Waals surface area contributed by atoms with Crippen LogP contribution in [0.15, 0.2) is 29.2 Å². The zero-order valence-electron chi connectivity index (χ0n) is 11.7. The van der Waals surface area contributed by atoms with E-state index < -0.39 is 16.0 Å². The van der Waals surface area contributed by atoms with Gasteiger partial charge in [0.1, 0.15) is 0 Å². The van der Waals surface area contributed by atoms with Crippen LogP contribution in [-0.4, -0.2) is 40.6 Å². The third kappa shape index (κ3) is 4.67. The topological polar surface area (TPSA) is 84.5 Å². The molecule has 0 bridgehead atoms. The molecule has 1 aliphatic heterocycles. The molecule has 0 spiro atoms. The van der Waals surface area contributed by atoms with Crippen molar-refractivity contribution in [3.63, 3.8) is 0 Å². The minimum Gasteiger partial charge on any atom is -0.465 e. The zero-order valence-corrected chi connectivity index (χ0v) is 13.3. The first-order valence-corrected chi connectivity index (χ1v) is 7.92. The van der Waals surface area contributed by atoms with E-state index in [0.717, 1.165) is 19.4 Å². The van der Waals surface area contributed by atoms with Gasteiger partial charge >= 0.3 is 5.97 Å². The molecule has 2 rings (SSSR count). The van der Waals surface area contributed by atoms with Gasteiger partial charge in [0.25, 0.3) is 0 Å². The Morgan fingerprint density at radius 2 is 2.00 bits per heavy atom. The van der Waals surface area contributed by atoms with Crippen LogP contribution in [0.1, 0.15) is 23.2 Å². The molecule has 0 amide bonds. The van der Waals surface area contributed by atoms with Crippen LogP contribution in [0.2, 0.25) is 0 Å². The molecular formula is C13H19ClN2O4S. The summed E-state index contributed by atoms with van der Waals surface area (Å²) in [6, 6.07) is 5.61. The van der Waals surface area contributed by atoms with Gasteiger partial charge < -0.3 is 10.1 Å². The van der Waals surface area contributed by atoms with E-state index in [9.17, 15) is 13.2 Å². The number of hydrogen-bond donors (Lipinski definition) is 2. The summed E-state index contributed by atoms with van der Waals surface area (Å²) in [5.41, 5.74) is 0.325. The maximum atomic E-state index is 12.2. The Labute approximate surface area is 130 Å². The molecule has 118 valence electrons. The first-order chi connectivity index (χ1) is 9.53. The van der Waals surface area contributed by atoms with Crippen molar-refractivity contribution < 1.29 is 17.9 Å². The van der Waals surface area contributed by atoms with E-state index in [4.69, 9.17) is 0 Å². The van der Waals surface area contributed by atoms with E-state index in [0.29, 0.717) is 12.1 Å². The summed E-state index contributed by atoms with van der Waals surface area (Å²) in [5, 5.41) is 3.15. The van der Waals surface area contributed by atoms with Crippen molar-refractivity contribution in [1.29, 1.82) is 0 Å². The van der Waals surface area contributed by atoms with Crippen molar-refractivity contribution in [2.75, 3.05) is 20.2 Å². The second-order valence-corrected chi connectivity index (χ2v) is 6.39. The summed E-state index contributed by atoms with van der Waals surface area (Å²) in [7, 11) is -2.27. The van der Waals surface area contributed by atoms with Crippen molar-refractivity contribution in [1.82, 2.24) is 10.0 Å². The van der Waals surface area contributed by atoms with Gasteiger partial charge in [-0.05, 0) is 43.7 Å². The molecule has 6 nitrogen and oxygen atoms in total. The van der Waals surface area contributed by atoms with E-state index in [-0.39, 0.29) is 23.3 Å². The van der Waals surface area contributed by atoms with Crippen LogP contribution >= 0.6 is 12.4 Å². The van der Waals surface area contributed by atoms with Crippen LogP contribution < -0.4 is 10.0 Å². The van der Waals surface area contributed by atoms with Gasteiger partial charge in [-0.1, -0.05) is 0 Å². The third-order valence-electron chi connectivity index (χ3n) is 3.20. The van der Waals surface area contributed by atoms with Gasteiger partial charge in [-0.15, -0.1) is 12.4 Å². The number of esters is 1. The van der Waals surface area contributed by atoms with Crippen LogP contribution in [0.3, 0.4) is 0 Å². The fraction of sp³-hybridized carbons (Fsp3) is 0.462. The van der Waals surface area contributed by atoms with Crippen LogP contribution in [0.25, 0.3) is 0 Å². The number of benzene rings is 1. The summed E-state index contributed by atoms with van der Waals surface area (Å²) in [6.07, 6.45) is 1.78. The Hall–Kier alpha value is -1.15. The molecule has 0 aliphatic carbocycles. The fourth-order valence-corrected chi connectivity index (χ4v) is 3.40. The molecule has 0 aromatic heterocycles. The van der Waals surface area contributed by atoms with Gasteiger partial charge in [0.05, 0.1) is 17.6 Å². The highest BCUT2D eigenvalue weighted by Gasteiger charge is 2.21. The summed E-state index contributed by atoms with van der Waals surface area (Å²) in [5.74, 6) is -0.488. The molecular weight excluding hydrogens is 316 g/mol. The van der Waals surface area contributed by atoms with Crippen LogP contribution in [0.4, 0.5) is 0 Å². The highest BCUT2D eigenvalue weighted by molar-refractivity contribution is 7.89. The van der Waals surface area contributed by atoms with Crippen LogP contribution in [-0.2, 0) is 14.8 Å². The third-order valence-corrected chi connectivity index (χ3v) is 4.74. The predicted molar refractivity (Wildman–Crippen MR) is 81.2 cm³/mol. The molecule has 1 aliphatic rings. The van der Waals surface area contributed by atoms with E-state index in [2.05, 4.69) is 14.8 Å². The molecule has 1 fully saturated rings. The average Bonchev–Trinajstić information content (AvgIpc) is 2.47. The minimum absolute atomic E-state index is 0. The Balaban J connectivity index is 0.00000220. The summed E-state index contributed by atoms with van der Waals surface area (Å²) in [6.45, 7) is 1.56. The molecule has 1 aromatic carbocycles. The largest absolute Gasteiger partial charge is 0.465 e. The van der Waals surface area contributed by atoms with Gasteiger partial charge in [-0.25, -0.2) is 17.9 Å². The summed E-state index contributed by atoms with van der Waals surface area (Å²) >= 11 is 0. The highest BCUT2D eigenvalue weighted by Crippen LogP contribution is 2.13. The Morgan fingerprint density at radius 3 is 2.52 bits per heavy atom. The molecule has 1 saturated heterocycles. The number of methoxy groups -OCH3 is 1. The number of piperidine rings is 1. The lowest BCUT2D eigenvalue weighted by atomic mass is 10.1. The smallest absolute Gasteiger partial charge is 0.337 e. The van der Waals surface area contributed by atoms with E-state index in [1.54, 1.807) is 0 Å². The van der Waals surface area contributed by atoms with Crippen molar-refractivity contribution >= 4 is 28.4 Å². The normalized spacial score (nSPS) is 18.6. The molecule has 0 unspecified atom stereocenters. The zero-order chi connectivity index (χ0) is 14.6. The van der Waals surface area contributed by atoms with E-state index in [1.807, 2.05) is 0 Å². The van der Waals surface area contributed by atoms with Gasteiger partial charge in [0.15, 0.2) is 0 Å². The average molecular weight is 335 g/mol. The minimum atomic E-state index is -3.55. The van der Waals surface area contributed by atoms with Crippen molar-refractivity contribution in [2.24, 2.45) is 0 Å². The number of carbonyl (C=O) groups excluding carboxylic acids is 1. The van der Waals surface area contributed by atoms with Crippen LogP contribution in [0, 0.1) is 0 Å². The van der Waals surface area contributed by atoms with Crippen LogP contribution in [0.5, 0.6) is 0 Å². The number of ether oxygens (including phenoxy) is 1. The lowest BCUT2D eigenvalue weighted by Crippen LogP contribution is -2.45. The van der Waals surface area contributed by atoms with E-state index in [1.165, 1.54) is 31.4 Å². The van der Waals surface area contributed by atoms with Crippen molar-refractivity contribution in [3.8, 4) is 0 Å². The Bertz CT molecular complexity index is 568. The first kappa shape index (κ1) is 17.9. The fourth-order valence-electron chi connectivity index (χ4n) is 2.13. The SMILES string of the molecule is COC(=O)c1ccc(S(=O)(=O)N[C@H]2CCCNC2)cc1.Cl. The summed E-state index contributed by atoms with van der Waals surface area (Å²) < 4.78 is 31.6. The molecule has 2 N–H and O–H groups in total. The maximum Gasteiger partial charge on any atom is 0.337 e. The van der Waals surface area contributed by atoms with Gasteiger partial charge in [0.2, 0.25) is 10.0 Å². The molecule has 1 atom stereocenters. The number of nitrogens with one attached hydrogen (secondary N) is 2. The molecule has 0 saturated carbocycles. The number of sulfonamides is 1. The second kappa shape index (κ2) is 7.74. The monoisotopic (exact) mass is 334 g/mol. The van der Waals surface area contributed by atoms with Crippen molar-refractivity contribution in [2.45, 2.75) is 23.8 Å². The first-order valence-electron chi connectivity index (χ1n) is 6.44. The summed E-state index contributed by atoms with van der Waals surface area (Å²) in [4.78, 5) is 11.4. The second-order valence-electron chi connectivity index (χ2n) is 4.68. The number of carbonyl (C=O) groups is 1. The molecule has 8 heteroatoms. The number of halogens is 1. The van der Waals surface area contributed by atoms with Gasteiger partial charge in [-0.3, -0.25) is 0 Å². The standard InChI is InChI=1S/C13H18N2O4S.ClH/c1-19-13(16)10-4-6-12(7-5-10)20(17,18)15-11-3-2-8-14-9-11;/h4-7,11,14-15H,2-3,8-9H2,1H3;1H/t11-;/m0./s1. The number of rotatable bonds is 4. The Morgan fingerprint density at radius 1 is 1.33 bits per heavy atom. The predicted octanol–water partition coefficient (Wildman–Crippen LogP) is 0.925. The Kier molecular flexibility index (Phi) is 6.60. The molecule has 21 heavy (non-hydrogen) atoms. The lowest BCUT2D eigenvalue weighted by molar-refractivity contribution is 0.0600. The lowest BCUT2D eigenvalue weighted by Gasteiger charge is -2.23. The maximum absolute atomic E-state index is 12.2. The molecule has 0 radical (unpaired) electrons. The van der Waals surface area contributed by atoms with Gasteiger partial charge in [0, 0.05) is 12.6 Å². The number of hydrogen-bond acceptors (Lipinski definition) is 5. The van der Waals surface area contributed by atoms with E-state index >= 15 is 0 Å². The molecule has 1 aromatic rings.